The lowest BCUT2D eigenvalue weighted by molar-refractivity contribution is -0.154. The van der Waals surface area contributed by atoms with Crippen molar-refractivity contribution < 1.29 is 9.59 Å². The van der Waals surface area contributed by atoms with Crippen LogP contribution >= 0.6 is 0 Å². The summed E-state index contributed by atoms with van der Waals surface area (Å²) >= 11 is 0. The van der Waals surface area contributed by atoms with Gasteiger partial charge in [0.2, 0.25) is 11.8 Å². The van der Waals surface area contributed by atoms with E-state index in [0.717, 1.165) is 0 Å². The summed E-state index contributed by atoms with van der Waals surface area (Å²) in [5.74, 6) is 0.499. The topological polar surface area (TPSA) is 80.1 Å². The Labute approximate surface area is 118 Å². The van der Waals surface area contributed by atoms with Gasteiger partial charge in [0, 0.05) is 6.54 Å². The van der Waals surface area contributed by atoms with Crippen molar-refractivity contribution >= 4 is 11.8 Å². The molecule has 1 saturated heterocycles. The first kappa shape index (κ1) is 14.5. The summed E-state index contributed by atoms with van der Waals surface area (Å²) in [4.78, 5) is 30.5. The molecule has 7 nitrogen and oxygen atoms in total. The number of carbonyl (C=O) groups excluding carboxylic acids is 2. The SMILES string of the molecule is CCC1C(=O)NC(C)(C)C(=O)N1Cc1ncnn1CC. The minimum absolute atomic E-state index is 0.0883. The van der Waals surface area contributed by atoms with Crippen molar-refractivity contribution in [3.63, 3.8) is 0 Å². The van der Waals surface area contributed by atoms with E-state index in [2.05, 4.69) is 15.4 Å². The lowest BCUT2D eigenvalue weighted by atomic mass is 9.96. The average Bonchev–Trinajstić information content (AvgIpc) is 2.82. The number of hydrogen-bond donors (Lipinski definition) is 1. The highest BCUT2D eigenvalue weighted by atomic mass is 16.2. The molecule has 0 aromatic carbocycles. The van der Waals surface area contributed by atoms with Crippen LogP contribution in [0.1, 0.15) is 39.9 Å². The quantitative estimate of drug-likeness (QED) is 0.860. The van der Waals surface area contributed by atoms with Crippen LogP contribution in [-0.2, 0) is 22.7 Å². The molecule has 0 bridgehead atoms. The molecule has 0 saturated carbocycles. The number of hydrogen-bond acceptors (Lipinski definition) is 4. The predicted octanol–water partition coefficient (Wildman–Crippen LogP) is 0.314. The smallest absolute Gasteiger partial charge is 0.248 e. The summed E-state index contributed by atoms with van der Waals surface area (Å²) in [6.45, 7) is 8.29. The molecule has 2 rings (SSSR count). The lowest BCUT2D eigenvalue weighted by Crippen LogP contribution is -2.67. The van der Waals surface area contributed by atoms with Gasteiger partial charge in [-0.1, -0.05) is 6.92 Å². The average molecular weight is 279 g/mol. The second-order valence-electron chi connectivity index (χ2n) is 5.46. The molecule has 110 valence electrons. The number of aryl methyl sites for hydroxylation is 1. The van der Waals surface area contributed by atoms with E-state index in [-0.39, 0.29) is 11.8 Å². The van der Waals surface area contributed by atoms with Crippen molar-refractivity contribution in [2.45, 2.75) is 58.8 Å². The summed E-state index contributed by atoms with van der Waals surface area (Å²) in [6.07, 6.45) is 2.05. The molecule has 7 heteroatoms. The Morgan fingerprint density at radius 2 is 2.05 bits per heavy atom. The van der Waals surface area contributed by atoms with E-state index < -0.39 is 11.6 Å². The number of nitrogens with one attached hydrogen (secondary N) is 1. The molecule has 0 radical (unpaired) electrons. The Balaban J connectivity index is 2.30. The highest BCUT2D eigenvalue weighted by Gasteiger charge is 2.44. The summed E-state index contributed by atoms with van der Waals surface area (Å²) in [7, 11) is 0. The molecule has 1 unspecified atom stereocenters. The summed E-state index contributed by atoms with van der Waals surface area (Å²) < 4.78 is 1.74. The molecule has 2 amide bonds. The van der Waals surface area contributed by atoms with Gasteiger partial charge in [-0.3, -0.25) is 9.59 Å². The zero-order valence-electron chi connectivity index (χ0n) is 12.4. The van der Waals surface area contributed by atoms with Crippen molar-refractivity contribution in [1.29, 1.82) is 0 Å². The lowest BCUT2D eigenvalue weighted by Gasteiger charge is -2.42. The van der Waals surface area contributed by atoms with E-state index >= 15 is 0 Å². The van der Waals surface area contributed by atoms with Gasteiger partial charge in [-0.25, -0.2) is 9.67 Å². The van der Waals surface area contributed by atoms with Crippen LogP contribution in [0.4, 0.5) is 0 Å². The maximum Gasteiger partial charge on any atom is 0.248 e. The maximum absolute atomic E-state index is 12.5. The molecule has 20 heavy (non-hydrogen) atoms. The van der Waals surface area contributed by atoms with Crippen LogP contribution in [0.5, 0.6) is 0 Å². The van der Waals surface area contributed by atoms with Gasteiger partial charge in [0.15, 0.2) is 0 Å². The summed E-state index contributed by atoms with van der Waals surface area (Å²) in [6, 6.07) is -0.447. The van der Waals surface area contributed by atoms with Crippen LogP contribution < -0.4 is 5.32 Å². The minimum atomic E-state index is -0.875. The van der Waals surface area contributed by atoms with Crippen LogP contribution in [-0.4, -0.2) is 43.1 Å². The molecular weight excluding hydrogens is 258 g/mol. The first-order chi connectivity index (χ1) is 9.40. The molecule has 1 atom stereocenters. The monoisotopic (exact) mass is 279 g/mol. The predicted molar refractivity (Wildman–Crippen MR) is 72.5 cm³/mol. The van der Waals surface area contributed by atoms with Gasteiger partial charge in [0.1, 0.15) is 23.7 Å². The molecule has 1 aliphatic heterocycles. The van der Waals surface area contributed by atoms with Gasteiger partial charge in [-0.2, -0.15) is 5.10 Å². The Kier molecular flexibility index (Phi) is 3.78. The van der Waals surface area contributed by atoms with Crippen LogP contribution in [0, 0.1) is 0 Å². The Hall–Kier alpha value is -1.92. The number of carbonyl (C=O) groups is 2. The minimum Gasteiger partial charge on any atom is -0.340 e. The number of amides is 2. The summed E-state index contributed by atoms with van der Waals surface area (Å²) in [5, 5.41) is 6.87. The van der Waals surface area contributed by atoms with Crippen molar-refractivity contribution in [1.82, 2.24) is 25.0 Å². The number of aromatic nitrogens is 3. The van der Waals surface area contributed by atoms with E-state index in [1.807, 2.05) is 13.8 Å². The zero-order chi connectivity index (χ0) is 14.9. The van der Waals surface area contributed by atoms with E-state index in [9.17, 15) is 9.59 Å². The fourth-order valence-corrected chi connectivity index (χ4v) is 2.50. The van der Waals surface area contributed by atoms with Gasteiger partial charge in [-0.15, -0.1) is 0 Å². The van der Waals surface area contributed by atoms with Crippen LogP contribution in [0.3, 0.4) is 0 Å². The second-order valence-corrected chi connectivity index (χ2v) is 5.46. The molecule has 1 aliphatic rings. The van der Waals surface area contributed by atoms with Crippen molar-refractivity contribution in [2.24, 2.45) is 0 Å². The highest BCUT2D eigenvalue weighted by Crippen LogP contribution is 2.21. The first-order valence-electron chi connectivity index (χ1n) is 6.90. The third kappa shape index (κ3) is 2.39. The zero-order valence-corrected chi connectivity index (χ0v) is 12.4. The highest BCUT2D eigenvalue weighted by molar-refractivity contribution is 5.99. The molecule has 1 fully saturated rings. The van der Waals surface area contributed by atoms with E-state index in [1.165, 1.54) is 6.33 Å². The second kappa shape index (κ2) is 5.22. The van der Waals surface area contributed by atoms with E-state index in [1.54, 1.807) is 23.4 Å². The Bertz CT molecular complexity index is 523. The molecule has 1 N–H and O–H groups in total. The standard InChI is InChI=1S/C13H21N5O2/c1-5-9-11(19)16-13(3,4)12(20)17(9)7-10-14-8-15-18(10)6-2/h8-9H,5-7H2,1-4H3,(H,16,19). The van der Waals surface area contributed by atoms with Crippen LogP contribution in [0.15, 0.2) is 6.33 Å². The van der Waals surface area contributed by atoms with Gasteiger partial charge in [-0.05, 0) is 27.2 Å². The first-order valence-corrected chi connectivity index (χ1v) is 6.90. The number of nitrogens with zero attached hydrogens (tertiary/aromatic N) is 4. The molecule has 1 aromatic rings. The van der Waals surface area contributed by atoms with E-state index in [0.29, 0.717) is 25.3 Å². The number of piperazine rings is 1. The van der Waals surface area contributed by atoms with Crippen molar-refractivity contribution in [2.75, 3.05) is 0 Å². The van der Waals surface area contributed by atoms with Gasteiger partial charge in [0.05, 0.1) is 6.54 Å². The van der Waals surface area contributed by atoms with Crippen molar-refractivity contribution in [3.8, 4) is 0 Å². The van der Waals surface area contributed by atoms with Gasteiger partial charge >= 0.3 is 0 Å². The molecule has 0 aliphatic carbocycles. The largest absolute Gasteiger partial charge is 0.340 e. The van der Waals surface area contributed by atoms with E-state index in [4.69, 9.17) is 0 Å². The van der Waals surface area contributed by atoms with Gasteiger partial charge in [0.25, 0.3) is 0 Å². The number of rotatable bonds is 4. The molecular formula is C13H21N5O2. The van der Waals surface area contributed by atoms with Crippen molar-refractivity contribution in [3.05, 3.63) is 12.2 Å². The summed E-state index contributed by atoms with van der Waals surface area (Å²) in [5.41, 5.74) is -0.875. The van der Waals surface area contributed by atoms with Crippen LogP contribution in [0.25, 0.3) is 0 Å². The maximum atomic E-state index is 12.5. The third-order valence-electron chi connectivity index (χ3n) is 3.60. The molecule has 2 heterocycles. The normalized spacial score (nSPS) is 22.0. The Morgan fingerprint density at radius 1 is 1.35 bits per heavy atom. The molecule has 1 aromatic heterocycles. The fourth-order valence-electron chi connectivity index (χ4n) is 2.50. The Morgan fingerprint density at radius 3 is 2.65 bits per heavy atom. The van der Waals surface area contributed by atoms with Crippen LogP contribution in [0.2, 0.25) is 0 Å². The molecule has 0 spiro atoms. The fraction of sp³-hybridized carbons (Fsp3) is 0.692. The third-order valence-corrected chi connectivity index (χ3v) is 3.60. The van der Waals surface area contributed by atoms with Gasteiger partial charge < -0.3 is 10.2 Å².